The molecule has 0 aliphatic carbocycles. The van der Waals surface area contributed by atoms with Gasteiger partial charge in [-0.2, -0.15) is 0 Å². The van der Waals surface area contributed by atoms with Gasteiger partial charge in [0.15, 0.2) is 0 Å². The third kappa shape index (κ3) is 3.91. The number of rotatable bonds is 6. The van der Waals surface area contributed by atoms with Crippen molar-refractivity contribution in [3.63, 3.8) is 0 Å². The van der Waals surface area contributed by atoms with E-state index >= 15 is 0 Å². The van der Waals surface area contributed by atoms with Crippen molar-refractivity contribution in [2.24, 2.45) is 0 Å². The van der Waals surface area contributed by atoms with Gasteiger partial charge in [0.25, 0.3) is 0 Å². The second-order valence-corrected chi connectivity index (χ2v) is 7.13. The van der Waals surface area contributed by atoms with Crippen LogP contribution in [-0.2, 0) is 13.1 Å². The summed E-state index contributed by atoms with van der Waals surface area (Å²) >= 11 is 1.87. The first kappa shape index (κ1) is 15.6. The molecule has 1 atom stereocenters. The summed E-state index contributed by atoms with van der Waals surface area (Å²) in [5.41, 5.74) is 2.54. The average Bonchev–Trinajstić information content (AvgIpc) is 3.20. The van der Waals surface area contributed by atoms with Crippen LogP contribution in [0.3, 0.4) is 0 Å². The number of nitrogens with zero attached hydrogens (tertiary/aromatic N) is 4. The first-order valence-corrected chi connectivity index (χ1v) is 8.85. The van der Waals surface area contributed by atoms with Gasteiger partial charge in [-0.25, -0.2) is 9.97 Å². The van der Waals surface area contributed by atoms with Crippen LogP contribution in [0.2, 0.25) is 0 Å². The molecule has 4 nitrogen and oxygen atoms in total. The summed E-state index contributed by atoms with van der Waals surface area (Å²) in [6.07, 6.45) is 6.15. The van der Waals surface area contributed by atoms with Gasteiger partial charge < -0.3 is 0 Å². The molecule has 0 spiro atoms. The molecule has 1 saturated heterocycles. The molecule has 2 aromatic rings. The maximum absolute atomic E-state index is 4.36. The van der Waals surface area contributed by atoms with Crippen molar-refractivity contribution in [1.29, 1.82) is 0 Å². The number of likely N-dealkylation sites (tertiary alicyclic amines) is 1. The molecule has 0 amide bonds. The Morgan fingerprint density at radius 3 is 2.91 bits per heavy atom. The number of hydrogen-bond acceptors (Lipinski definition) is 5. The molecule has 118 valence electrons. The van der Waals surface area contributed by atoms with Crippen molar-refractivity contribution in [2.75, 3.05) is 20.1 Å². The van der Waals surface area contributed by atoms with Crippen LogP contribution in [0.15, 0.2) is 30.0 Å². The Hall–Kier alpha value is -1.30. The van der Waals surface area contributed by atoms with Crippen molar-refractivity contribution >= 4 is 11.3 Å². The summed E-state index contributed by atoms with van der Waals surface area (Å²) in [5.74, 6) is 0. The van der Waals surface area contributed by atoms with Gasteiger partial charge in [0, 0.05) is 30.2 Å². The predicted molar refractivity (Wildman–Crippen MR) is 90.7 cm³/mol. The van der Waals surface area contributed by atoms with E-state index in [0.717, 1.165) is 18.8 Å². The standard InChI is InChI=1S/C17H24N4S/c1-14(17-5-6-18-13-19-17)20(2)11-16-9-15(12-22-16)10-21-7-3-4-8-21/h5-6,9,12-14H,3-4,7-8,10-11H2,1-2H3/t14-/m1/s1. The highest BCUT2D eigenvalue weighted by atomic mass is 32.1. The Bertz CT molecular complexity index is 577. The molecule has 3 heterocycles. The Balaban J connectivity index is 1.57. The van der Waals surface area contributed by atoms with E-state index in [4.69, 9.17) is 0 Å². The second-order valence-electron chi connectivity index (χ2n) is 6.13. The van der Waals surface area contributed by atoms with Crippen LogP contribution >= 0.6 is 11.3 Å². The number of thiophene rings is 1. The topological polar surface area (TPSA) is 32.3 Å². The van der Waals surface area contributed by atoms with Gasteiger partial charge in [0.05, 0.1) is 5.69 Å². The zero-order chi connectivity index (χ0) is 15.4. The molecule has 3 rings (SSSR count). The summed E-state index contributed by atoms with van der Waals surface area (Å²) in [7, 11) is 2.16. The quantitative estimate of drug-likeness (QED) is 0.818. The first-order chi connectivity index (χ1) is 10.7. The Kier molecular flexibility index (Phi) is 5.18. The maximum atomic E-state index is 4.36. The third-order valence-electron chi connectivity index (χ3n) is 4.41. The van der Waals surface area contributed by atoms with E-state index in [2.05, 4.69) is 45.2 Å². The highest BCUT2D eigenvalue weighted by molar-refractivity contribution is 7.10. The van der Waals surface area contributed by atoms with Crippen LogP contribution in [0.1, 0.15) is 41.9 Å². The van der Waals surface area contributed by atoms with E-state index in [1.165, 1.54) is 36.4 Å². The molecule has 0 unspecified atom stereocenters. The van der Waals surface area contributed by atoms with Gasteiger partial charge in [-0.3, -0.25) is 9.80 Å². The average molecular weight is 316 g/mol. The first-order valence-electron chi connectivity index (χ1n) is 7.97. The van der Waals surface area contributed by atoms with Gasteiger partial charge in [-0.1, -0.05) is 0 Å². The van der Waals surface area contributed by atoms with Gasteiger partial charge >= 0.3 is 0 Å². The van der Waals surface area contributed by atoms with Gasteiger partial charge in [-0.05, 0) is 63.0 Å². The van der Waals surface area contributed by atoms with Crippen molar-refractivity contribution in [3.05, 3.63) is 46.2 Å². The summed E-state index contributed by atoms with van der Waals surface area (Å²) in [4.78, 5) is 14.7. The summed E-state index contributed by atoms with van der Waals surface area (Å²) in [6.45, 7) is 6.80. The highest BCUT2D eigenvalue weighted by Crippen LogP contribution is 2.23. The van der Waals surface area contributed by atoms with Crippen molar-refractivity contribution in [3.8, 4) is 0 Å². The van der Waals surface area contributed by atoms with Crippen molar-refractivity contribution in [2.45, 2.75) is 38.9 Å². The molecule has 1 fully saturated rings. The molecule has 1 aliphatic heterocycles. The number of aromatic nitrogens is 2. The van der Waals surface area contributed by atoms with Crippen molar-refractivity contribution in [1.82, 2.24) is 19.8 Å². The molecule has 0 bridgehead atoms. The number of hydrogen-bond donors (Lipinski definition) is 0. The van der Waals surface area contributed by atoms with Crippen LogP contribution in [-0.4, -0.2) is 39.9 Å². The Morgan fingerprint density at radius 1 is 1.36 bits per heavy atom. The fourth-order valence-electron chi connectivity index (χ4n) is 2.95. The van der Waals surface area contributed by atoms with E-state index in [0.29, 0.717) is 6.04 Å². The SMILES string of the molecule is C[C@H](c1ccncn1)N(C)Cc1cc(CN2CCCC2)cs1. The van der Waals surface area contributed by atoms with Crippen LogP contribution in [0.4, 0.5) is 0 Å². The van der Waals surface area contributed by atoms with Crippen LogP contribution < -0.4 is 0 Å². The van der Waals surface area contributed by atoms with Gasteiger partial charge in [0.2, 0.25) is 0 Å². The lowest BCUT2D eigenvalue weighted by atomic mass is 10.2. The lowest BCUT2D eigenvalue weighted by molar-refractivity contribution is 0.250. The molecule has 0 aromatic carbocycles. The molecule has 0 radical (unpaired) electrons. The minimum atomic E-state index is 0.298. The third-order valence-corrected chi connectivity index (χ3v) is 5.38. The molecular formula is C17H24N4S. The van der Waals surface area contributed by atoms with Gasteiger partial charge in [0.1, 0.15) is 6.33 Å². The molecule has 5 heteroatoms. The molecule has 22 heavy (non-hydrogen) atoms. The van der Waals surface area contributed by atoms with Crippen LogP contribution in [0, 0.1) is 0 Å². The Morgan fingerprint density at radius 2 is 2.18 bits per heavy atom. The lowest BCUT2D eigenvalue weighted by Gasteiger charge is -2.23. The fourth-order valence-corrected chi connectivity index (χ4v) is 3.89. The second kappa shape index (κ2) is 7.31. The van der Waals surface area contributed by atoms with Crippen molar-refractivity contribution < 1.29 is 0 Å². The fraction of sp³-hybridized carbons (Fsp3) is 0.529. The smallest absolute Gasteiger partial charge is 0.115 e. The van der Waals surface area contributed by atoms with Crippen LogP contribution in [0.5, 0.6) is 0 Å². The monoisotopic (exact) mass is 316 g/mol. The largest absolute Gasteiger partial charge is 0.299 e. The van der Waals surface area contributed by atoms with E-state index in [1.54, 1.807) is 6.33 Å². The summed E-state index contributed by atoms with van der Waals surface area (Å²) in [5, 5.41) is 2.32. The maximum Gasteiger partial charge on any atom is 0.115 e. The molecule has 2 aromatic heterocycles. The predicted octanol–water partition coefficient (Wildman–Crippen LogP) is 3.33. The van der Waals surface area contributed by atoms with E-state index in [9.17, 15) is 0 Å². The summed E-state index contributed by atoms with van der Waals surface area (Å²) < 4.78 is 0. The molecule has 1 aliphatic rings. The van der Waals surface area contributed by atoms with Crippen LogP contribution in [0.25, 0.3) is 0 Å². The lowest BCUT2D eigenvalue weighted by Crippen LogP contribution is -2.22. The highest BCUT2D eigenvalue weighted by Gasteiger charge is 2.15. The zero-order valence-corrected chi connectivity index (χ0v) is 14.2. The van der Waals surface area contributed by atoms with E-state index in [-0.39, 0.29) is 0 Å². The molecule has 0 saturated carbocycles. The van der Waals surface area contributed by atoms with Gasteiger partial charge in [-0.15, -0.1) is 11.3 Å². The minimum absolute atomic E-state index is 0.298. The normalized spacial score (nSPS) is 17.2. The van der Waals surface area contributed by atoms with E-state index in [1.807, 2.05) is 23.6 Å². The van der Waals surface area contributed by atoms with E-state index < -0.39 is 0 Å². The molecular weight excluding hydrogens is 292 g/mol. The summed E-state index contributed by atoms with van der Waals surface area (Å²) in [6, 6.07) is 4.66. The Labute approximate surface area is 136 Å². The molecule has 0 N–H and O–H groups in total. The minimum Gasteiger partial charge on any atom is -0.299 e. The zero-order valence-electron chi connectivity index (χ0n) is 13.4.